The van der Waals surface area contributed by atoms with Gasteiger partial charge in [-0.15, -0.1) is 11.3 Å². The summed E-state index contributed by atoms with van der Waals surface area (Å²) in [6.07, 6.45) is 0.712. The van der Waals surface area contributed by atoms with E-state index in [0.717, 1.165) is 0 Å². The van der Waals surface area contributed by atoms with E-state index in [1.54, 1.807) is 18.2 Å². The first-order valence-electron chi connectivity index (χ1n) is 4.07. The van der Waals surface area contributed by atoms with Crippen LogP contribution in [0.25, 0.3) is 10.1 Å². The van der Waals surface area contributed by atoms with Crippen LogP contribution < -0.4 is 0 Å². The van der Waals surface area contributed by atoms with Crippen molar-refractivity contribution in [2.75, 3.05) is 0 Å². The Balaban J connectivity index is 2.86. The van der Waals surface area contributed by atoms with Crippen LogP contribution in [0.15, 0.2) is 18.2 Å². The largest absolute Gasteiger partial charge is 0.506 e. The predicted molar refractivity (Wildman–Crippen MR) is 54.8 cm³/mol. The maximum Gasteiger partial charge on any atom is 0.151 e. The Labute approximate surface area is 84.2 Å². The van der Waals surface area contributed by atoms with Crippen LogP contribution in [0.4, 0.5) is 0 Å². The van der Waals surface area contributed by atoms with E-state index in [9.17, 15) is 9.90 Å². The zero-order chi connectivity index (χ0) is 10.1. The van der Waals surface area contributed by atoms with Crippen molar-refractivity contribution in [1.29, 1.82) is 0 Å². The van der Waals surface area contributed by atoms with E-state index in [1.165, 1.54) is 11.3 Å². The first-order valence-corrected chi connectivity index (χ1v) is 4.89. The van der Waals surface area contributed by atoms with Gasteiger partial charge in [-0.2, -0.15) is 0 Å². The van der Waals surface area contributed by atoms with Crippen molar-refractivity contribution in [1.82, 2.24) is 0 Å². The molecular formula is C10H8O3S. The van der Waals surface area contributed by atoms with E-state index in [4.69, 9.17) is 5.11 Å². The zero-order valence-electron chi connectivity index (χ0n) is 7.23. The van der Waals surface area contributed by atoms with Gasteiger partial charge in [0.2, 0.25) is 0 Å². The van der Waals surface area contributed by atoms with Gasteiger partial charge in [0.05, 0.1) is 11.3 Å². The van der Waals surface area contributed by atoms with Gasteiger partial charge in [0, 0.05) is 15.8 Å². The summed E-state index contributed by atoms with van der Waals surface area (Å²) >= 11 is 1.24. The van der Waals surface area contributed by atoms with Crippen molar-refractivity contribution < 1.29 is 15.0 Å². The minimum absolute atomic E-state index is 0.148. The molecule has 14 heavy (non-hydrogen) atoms. The fourth-order valence-corrected chi connectivity index (χ4v) is 2.46. The molecule has 1 heterocycles. The third-order valence-corrected chi connectivity index (χ3v) is 3.30. The summed E-state index contributed by atoms with van der Waals surface area (Å²) in [7, 11) is 0. The topological polar surface area (TPSA) is 57.5 Å². The number of hydrogen-bond donors (Lipinski definition) is 2. The van der Waals surface area contributed by atoms with Crippen LogP contribution in [0.3, 0.4) is 0 Å². The molecule has 2 aromatic rings. The third-order valence-electron chi connectivity index (χ3n) is 2.07. The first-order chi connectivity index (χ1) is 6.77. The Hall–Kier alpha value is -1.39. The van der Waals surface area contributed by atoms with Crippen molar-refractivity contribution in [3.05, 3.63) is 28.6 Å². The normalized spacial score (nSPS) is 10.6. The molecule has 0 unspecified atom stereocenters. The second-order valence-electron chi connectivity index (χ2n) is 2.87. The van der Waals surface area contributed by atoms with Gasteiger partial charge in [-0.3, -0.25) is 4.79 Å². The molecule has 0 atom stereocenters. The highest BCUT2D eigenvalue weighted by molar-refractivity contribution is 7.19. The molecule has 0 bridgehead atoms. The quantitative estimate of drug-likeness (QED) is 0.741. The fraction of sp³-hybridized carbons (Fsp3) is 0.100. The molecule has 2 rings (SSSR count). The Morgan fingerprint density at radius 3 is 2.86 bits per heavy atom. The number of carbonyl (C=O) groups excluding carboxylic acids is 1. The maximum absolute atomic E-state index is 10.8. The Bertz CT molecular complexity index is 487. The smallest absolute Gasteiger partial charge is 0.151 e. The second-order valence-corrected chi connectivity index (χ2v) is 3.97. The minimum Gasteiger partial charge on any atom is -0.506 e. The van der Waals surface area contributed by atoms with Gasteiger partial charge in [0.15, 0.2) is 6.29 Å². The highest BCUT2D eigenvalue weighted by Gasteiger charge is 2.12. The number of phenolic OH excluding ortho intramolecular Hbond substituents is 1. The van der Waals surface area contributed by atoms with Crippen LogP contribution in [0.5, 0.6) is 5.75 Å². The molecule has 0 radical (unpaired) electrons. The molecule has 0 saturated heterocycles. The first kappa shape index (κ1) is 9.18. The van der Waals surface area contributed by atoms with Crippen LogP contribution in [0, 0.1) is 0 Å². The number of aliphatic hydroxyl groups excluding tert-OH is 1. The molecule has 2 N–H and O–H groups in total. The van der Waals surface area contributed by atoms with Crippen molar-refractivity contribution in [2.24, 2.45) is 0 Å². The Kier molecular flexibility index (Phi) is 2.23. The number of phenols is 1. The molecule has 1 aromatic heterocycles. The van der Waals surface area contributed by atoms with Crippen molar-refractivity contribution >= 4 is 27.7 Å². The summed E-state index contributed by atoms with van der Waals surface area (Å²) in [6.45, 7) is -0.174. The number of aliphatic hydroxyl groups is 1. The van der Waals surface area contributed by atoms with Gasteiger partial charge in [-0.05, 0) is 6.07 Å². The summed E-state index contributed by atoms with van der Waals surface area (Å²) in [4.78, 5) is 11.4. The van der Waals surface area contributed by atoms with Crippen LogP contribution in [-0.4, -0.2) is 16.5 Å². The van der Waals surface area contributed by atoms with Gasteiger partial charge in [0.1, 0.15) is 5.75 Å². The van der Waals surface area contributed by atoms with Crippen molar-refractivity contribution in [2.45, 2.75) is 6.61 Å². The zero-order valence-corrected chi connectivity index (χ0v) is 8.04. The molecule has 0 aliphatic heterocycles. The van der Waals surface area contributed by atoms with E-state index in [-0.39, 0.29) is 12.4 Å². The average Bonchev–Trinajstić information content (AvgIpc) is 2.57. The summed E-state index contributed by atoms with van der Waals surface area (Å²) in [6, 6.07) is 5.00. The molecule has 0 fully saturated rings. The fourth-order valence-electron chi connectivity index (χ4n) is 1.42. The summed E-state index contributed by atoms with van der Waals surface area (Å²) in [5.74, 6) is 0.148. The second kappa shape index (κ2) is 3.40. The van der Waals surface area contributed by atoms with Crippen molar-refractivity contribution in [3.8, 4) is 5.75 Å². The van der Waals surface area contributed by atoms with Crippen LogP contribution in [0.2, 0.25) is 0 Å². The minimum atomic E-state index is -0.174. The van der Waals surface area contributed by atoms with E-state index in [0.29, 0.717) is 26.8 Å². The van der Waals surface area contributed by atoms with Gasteiger partial charge in [-0.25, -0.2) is 0 Å². The number of carbonyl (C=O) groups is 1. The van der Waals surface area contributed by atoms with E-state index < -0.39 is 0 Å². The van der Waals surface area contributed by atoms with Gasteiger partial charge in [-0.1, -0.05) is 12.1 Å². The SMILES string of the molecule is O=Cc1c(CO)sc2c(O)cccc12. The molecule has 0 amide bonds. The lowest BCUT2D eigenvalue weighted by Crippen LogP contribution is -1.84. The maximum atomic E-state index is 10.8. The van der Waals surface area contributed by atoms with Gasteiger partial charge >= 0.3 is 0 Å². The number of hydrogen-bond acceptors (Lipinski definition) is 4. The number of fused-ring (bicyclic) bond motifs is 1. The van der Waals surface area contributed by atoms with Crippen molar-refractivity contribution in [3.63, 3.8) is 0 Å². The molecule has 3 nitrogen and oxygen atoms in total. The van der Waals surface area contributed by atoms with E-state index in [2.05, 4.69) is 0 Å². The highest BCUT2D eigenvalue weighted by atomic mass is 32.1. The lowest BCUT2D eigenvalue weighted by Gasteiger charge is -1.92. The van der Waals surface area contributed by atoms with Gasteiger partial charge in [0.25, 0.3) is 0 Å². The molecule has 4 heteroatoms. The number of aromatic hydroxyl groups is 1. The number of benzene rings is 1. The monoisotopic (exact) mass is 208 g/mol. The third kappa shape index (κ3) is 1.20. The number of rotatable bonds is 2. The molecule has 72 valence electrons. The molecule has 1 aromatic carbocycles. The lowest BCUT2D eigenvalue weighted by molar-refractivity contribution is 0.112. The molecular weight excluding hydrogens is 200 g/mol. The molecule has 0 saturated carbocycles. The summed E-state index contributed by atoms with van der Waals surface area (Å²) in [5.41, 5.74) is 0.475. The average molecular weight is 208 g/mol. The van der Waals surface area contributed by atoms with Gasteiger partial charge < -0.3 is 10.2 Å². The highest BCUT2D eigenvalue weighted by Crippen LogP contribution is 2.35. The summed E-state index contributed by atoms with van der Waals surface area (Å²) < 4.78 is 0.652. The number of thiophene rings is 1. The Morgan fingerprint density at radius 2 is 2.21 bits per heavy atom. The number of aldehydes is 1. The molecule has 0 aliphatic carbocycles. The van der Waals surface area contributed by atoms with Crippen LogP contribution in [0.1, 0.15) is 15.2 Å². The molecule has 0 aliphatic rings. The molecule has 0 spiro atoms. The van der Waals surface area contributed by atoms with Crippen LogP contribution >= 0.6 is 11.3 Å². The lowest BCUT2D eigenvalue weighted by atomic mass is 10.1. The van der Waals surface area contributed by atoms with E-state index >= 15 is 0 Å². The Morgan fingerprint density at radius 1 is 1.43 bits per heavy atom. The van der Waals surface area contributed by atoms with Crippen LogP contribution in [-0.2, 0) is 6.61 Å². The standard InChI is InChI=1S/C10H8O3S/c11-4-7-6-2-1-3-8(13)10(6)14-9(7)5-12/h1-4,12-13H,5H2. The summed E-state index contributed by atoms with van der Waals surface area (Å²) in [5, 5.41) is 19.2. The predicted octanol–water partition coefficient (Wildman–Crippen LogP) is 1.91. The van der Waals surface area contributed by atoms with E-state index in [1.807, 2.05) is 0 Å².